The van der Waals surface area contributed by atoms with Crippen LogP contribution in [-0.4, -0.2) is 27.8 Å². The molecule has 1 atom stereocenters. The van der Waals surface area contributed by atoms with Gasteiger partial charge in [-0.05, 0) is 17.7 Å². The summed E-state index contributed by atoms with van der Waals surface area (Å²) in [7, 11) is 0. The Hall–Kier alpha value is -1.81. The number of hydrogen-bond acceptors (Lipinski definition) is 2. The highest BCUT2D eigenvalue weighted by molar-refractivity contribution is 6.30. The maximum atomic E-state index is 11.2. The average molecular weight is 262 g/mol. The molecule has 3 rings (SSSR count). The van der Waals surface area contributed by atoms with E-state index in [9.17, 15) is 4.79 Å². The second-order valence-electron chi connectivity index (χ2n) is 4.31. The highest BCUT2D eigenvalue weighted by Gasteiger charge is 2.29. The molecule has 0 bridgehead atoms. The zero-order chi connectivity index (χ0) is 12.5. The Morgan fingerprint density at radius 1 is 1.39 bits per heavy atom. The number of nitrogens with zero attached hydrogens (tertiary/aromatic N) is 2. The van der Waals surface area contributed by atoms with Crippen LogP contribution in [0.25, 0.3) is 0 Å². The van der Waals surface area contributed by atoms with Crippen molar-refractivity contribution >= 4 is 18.0 Å². The van der Waals surface area contributed by atoms with Crippen LogP contribution < -0.4 is 0 Å². The minimum Gasteiger partial charge on any atom is -0.348 e. The summed E-state index contributed by atoms with van der Waals surface area (Å²) in [5, 5.41) is 0.689. The highest BCUT2D eigenvalue weighted by Crippen LogP contribution is 2.32. The summed E-state index contributed by atoms with van der Waals surface area (Å²) < 4.78 is 0. The Kier molecular flexibility index (Phi) is 2.80. The average Bonchev–Trinajstić information content (AvgIpc) is 2.87. The van der Waals surface area contributed by atoms with Crippen LogP contribution in [0.4, 0.5) is 0 Å². The summed E-state index contributed by atoms with van der Waals surface area (Å²) in [4.78, 5) is 20.5. The van der Waals surface area contributed by atoms with Crippen LogP contribution in [0.2, 0.25) is 5.02 Å². The molecule has 4 nitrogen and oxygen atoms in total. The molecule has 1 unspecified atom stereocenters. The summed E-state index contributed by atoms with van der Waals surface area (Å²) in [5.74, 6) is 0. The largest absolute Gasteiger partial charge is 0.348 e. The predicted octanol–water partition coefficient (Wildman–Crippen LogP) is 2.17. The standard InChI is InChI=1S/C13H12ClN3O/c14-10-3-1-9(2-4-10)13-12-11(15-7-16-12)5-6-17(13)8-18/h1-4,7-8,13H,5-6H2,(H,15,16). The lowest BCUT2D eigenvalue weighted by Gasteiger charge is -2.32. The van der Waals surface area contributed by atoms with Crippen molar-refractivity contribution in [2.75, 3.05) is 6.54 Å². The number of carbonyl (C=O) groups is 1. The fourth-order valence-electron chi connectivity index (χ4n) is 2.40. The third kappa shape index (κ3) is 1.78. The molecule has 2 heterocycles. The quantitative estimate of drug-likeness (QED) is 0.843. The first-order valence-corrected chi connectivity index (χ1v) is 6.16. The van der Waals surface area contributed by atoms with Gasteiger partial charge in [-0.1, -0.05) is 23.7 Å². The monoisotopic (exact) mass is 261 g/mol. The van der Waals surface area contributed by atoms with Crippen LogP contribution in [-0.2, 0) is 11.2 Å². The van der Waals surface area contributed by atoms with Crippen molar-refractivity contribution in [1.82, 2.24) is 14.9 Å². The normalized spacial score (nSPS) is 18.5. The predicted molar refractivity (Wildman–Crippen MR) is 68.4 cm³/mol. The summed E-state index contributed by atoms with van der Waals surface area (Å²) in [5.41, 5.74) is 3.06. The number of carbonyl (C=O) groups excluding carboxylic acids is 1. The second-order valence-corrected chi connectivity index (χ2v) is 4.75. The van der Waals surface area contributed by atoms with Crippen molar-refractivity contribution in [3.63, 3.8) is 0 Å². The number of aromatic nitrogens is 2. The van der Waals surface area contributed by atoms with E-state index in [1.54, 1.807) is 11.2 Å². The fourth-order valence-corrected chi connectivity index (χ4v) is 2.53. The van der Waals surface area contributed by atoms with Gasteiger partial charge in [0.2, 0.25) is 6.41 Å². The van der Waals surface area contributed by atoms with E-state index < -0.39 is 0 Å². The summed E-state index contributed by atoms with van der Waals surface area (Å²) in [6.07, 6.45) is 3.39. The first kappa shape index (κ1) is 11.3. The maximum absolute atomic E-state index is 11.2. The number of nitrogens with one attached hydrogen (secondary N) is 1. The molecule has 1 aliphatic rings. The number of amides is 1. The van der Waals surface area contributed by atoms with Crippen molar-refractivity contribution in [3.8, 4) is 0 Å². The van der Waals surface area contributed by atoms with Gasteiger partial charge in [-0.25, -0.2) is 4.98 Å². The molecule has 0 saturated carbocycles. The van der Waals surface area contributed by atoms with Gasteiger partial charge in [-0.3, -0.25) is 4.79 Å². The van der Waals surface area contributed by atoms with E-state index in [-0.39, 0.29) is 6.04 Å². The number of benzene rings is 1. The Bertz CT molecular complexity index is 564. The number of aromatic amines is 1. The smallest absolute Gasteiger partial charge is 0.210 e. The summed E-state index contributed by atoms with van der Waals surface area (Å²) in [6, 6.07) is 7.43. The van der Waals surface area contributed by atoms with Crippen LogP contribution in [0.15, 0.2) is 30.6 Å². The third-order valence-corrected chi connectivity index (χ3v) is 3.54. The zero-order valence-corrected chi connectivity index (χ0v) is 10.4. The Labute approximate surface area is 110 Å². The van der Waals surface area contributed by atoms with Gasteiger partial charge >= 0.3 is 0 Å². The van der Waals surface area contributed by atoms with Gasteiger partial charge in [0.15, 0.2) is 0 Å². The van der Waals surface area contributed by atoms with E-state index in [4.69, 9.17) is 11.6 Å². The number of fused-ring (bicyclic) bond motifs is 1. The van der Waals surface area contributed by atoms with Gasteiger partial charge in [0.25, 0.3) is 0 Å². The van der Waals surface area contributed by atoms with Crippen molar-refractivity contribution in [2.24, 2.45) is 0 Å². The number of imidazole rings is 1. The van der Waals surface area contributed by atoms with Crippen LogP contribution >= 0.6 is 11.6 Å². The minimum absolute atomic E-state index is 0.116. The molecule has 0 saturated heterocycles. The van der Waals surface area contributed by atoms with Crippen LogP contribution in [0, 0.1) is 0 Å². The highest BCUT2D eigenvalue weighted by atomic mass is 35.5. The Morgan fingerprint density at radius 3 is 2.89 bits per heavy atom. The first-order chi connectivity index (χ1) is 8.79. The van der Waals surface area contributed by atoms with Crippen molar-refractivity contribution in [1.29, 1.82) is 0 Å². The summed E-state index contributed by atoms with van der Waals surface area (Å²) >= 11 is 5.90. The molecule has 92 valence electrons. The van der Waals surface area contributed by atoms with Crippen molar-refractivity contribution in [3.05, 3.63) is 52.6 Å². The SMILES string of the molecule is O=CN1CCc2[nH]cnc2C1c1ccc(Cl)cc1. The molecule has 1 aromatic carbocycles. The number of rotatable bonds is 2. The van der Waals surface area contributed by atoms with E-state index >= 15 is 0 Å². The molecular weight excluding hydrogens is 250 g/mol. The lowest BCUT2D eigenvalue weighted by molar-refractivity contribution is -0.120. The van der Waals surface area contributed by atoms with Gasteiger partial charge in [0.1, 0.15) is 6.04 Å². The Balaban J connectivity index is 2.07. The molecule has 2 aromatic rings. The second kappa shape index (κ2) is 4.46. The topological polar surface area (TPSA) is 49.0 Å². The zero-order valence-electron chi connectivity index (χ0n) is 9.64. The van der Waals surface area contributed by atoms with E-state index in [1.165, 1.54) is 0 Å². The van der Waals surface area contributed by atoms with E-state index in [1.807, 2.05) is 24.3 Å². The molecule has 0 fully saturated rings. The van der Waals surface area contributed by atoms with Crippen molar-refractivity contribution in [2.45, 2.75) is 12.5 Å². The van der Waals surface area contributed by atoms with Crippen LogP contribution in [0.1, 0.15) is 23.0 Å². The van der Waals surface area contributed by atoms with Crippen LogP contribution in [0.3, 0.4) is 0 Å². The van der Waals surface area contributed by atoms with Gasteiger partial charge in [0.05, 0.1) is 12.0 Å². The molecule has 1 N–H and O–H groups in total. The number of H-pyrrole nitrogens is 1. The third-order valence-electron chi connectivity index (χ3n) is 3.28. The summed E-state index contributed by atoms with van der Waals surface area (Å²) in [6.45, 7) is 0.700. The first-order valence-electron chi connectivity index (χ1n) is 5.78. The molecular formula is C13H12ClN3O. The molecule has 1 aliphatic heterocycles. The lowest BCUT2D eigenvalue weighted by Crippen LogP contribution is -2.35. The molecule has 5 heteroatoms. The molecule has 0 aliphatic carbocycles. The minimum atomic E-state index is -0.116. The van der Waals surface area contributed by atoms with E-state index in [0.29, 0.717) is 11.6 Å². The van der Waals surface area contributed by atoms with Crippen LogP contribution in [0.5, 0.6) is 0 Å². The fraction of sp³-hybridized carbons (Fsp3) is 0.231. The lowest BCUT2D eigenvalue weighted by atomic mass is 9.96. The molecule has 1 amide bonds. The number of halogens is 1. The number of hydrogen-bond donors (Lipinski definition) is 1. The molecule has 0 radical (unpaired) electrons. The van der Waals surface area contributed by atoms with Gasteiger partial charge in [-0.2, -0.15) is 0 Å². The molecule has 0 spiro atoms. The Morgan fingerprint density at radius 2 is 2.17 bits per heavy atom. The van der Waals surface area contributed by atoms with Gasteiger partial charge in [0, 0.05) is 23.7 Å². The maximum Gasteiger partial charge on any atom is 0.210 e. The van der Waals surface area contributed by atoms with Gasteiger partial charge < -0.3 is 9.88 Å². The molecule has 18 heavy (non-hydrogen) atoms. The van der Waals surface area contributed by atoms with E-state index in [2.05, 4.69) is 9.97 Å². The molecule has 1 aromatic heterocycles. The van der Waals surface area contributed by atoms with Crippen molar-refractivity contribution < 1.29 is 4.79 Å². The van der Waals surface area contributed by atoms with Gasteiger partial charge in [-0.15, -0.1) is 0 Å². The van der Waals surface area contributed by atoms with E-state index in [0.717, 1.165) is 29.8 Å².